The highest BCUT2D eigenvalue weighted by Gasteiger charge is 2.39. The molecule has 1 aromatic heterocycles. The van der Waals surface area contributed by atoms with Crippen LogP contribution < -0.4 is 10.1 Å². The second-order valence-electron chi connectivity index (χ2n) is 7.91. The van der Waals surface area contributed by atoms with Crippen LogP contribution in [0.3, 0.4) is 0 Å². The van der Waals surface area contributed by atoms with E-state index in [-0.39, 0.29) is 18.5 Å². The molecule has 3 aromatic rings. The lowest BCUT2D eigenvalue weighted by atomic mass is 9.95. The molecule has 4 rings (SSSR count). The monoisotopic (exact) mass is 488 g/mol. The van der Waals surface area contributed by atoms with Crippen molar-refractivity contribution in [3.05, 3.63) is 83.4 Å². The van der Waals surface area contributed by atoms with Gasteiger partial charge in [0.2, 0.25) is 0 Å². The van der Waals surface area contributed by atoms with Crippen LogP contribution in [0.25, 0.3) is 0 Å². The van der Waals surface area contributed by atoms with E-state index in [1.807, 2.05) is 30.3 Å². The van der Waals surface area contributed by atoms with Crippen molar-refractivity contribution < 1.29 is 32.2 Å². The second-order valence-corrected chi connectivity index (χ2v) is 7.91. The molecule has 1 aliphatic rings. The van der Waals surface area contributed by atoms with E-state index in [1.165, 1.54) is 36.5 Å². The molecule has 0 unspecified atom stereocenters. The summed E-state index contributed by atoms with van der Waals surface area (Å²) in [5, 5.41) is 2.69. The van der Waals surface area contributed by atoms with Gasteiger partial charge < -0.3 is 24.7 Å². The minimum Gasteiger partial charge on any atom is -0.467 e. The number of methoxy groups -OCH3 is 1. The lowest BCUT2D eigenvalue weighted by molar-refractivity contribution is -0.275. The molecule has 0 spiro atoms. The average molecular weight is 488 g/mol. The van der Waals surface area contributed by atoms with Crippen LogP contribution in [0, 0.1) is 0 Å². The van der Waals surface area contributed by atoms with Crippen LogP contribution in [0.15, 0.2) is 60.9 Å². The smallest absolute Gasteiger partial charge is 0.467 e. The fraction of sp³-hybridized carbons (Fsp3) is 0.292. The summed E-state index contributed by atoms with van der Waals surface area (Å²) in [6.45, 7) is 0.172. The summed E-state index contributed by atoms with van der Waals surface area (Å²) in [6.07, 6.45) is -2.90. The molecule has 2 amide bonds. The summed E-state index contributed by atoms with van der Waals surface area (Å²) in [4.78, 5) is 34.5. The van der Waals surface area contributed by atoms with E-state index in [0.717, 1.165) is 5.56 Å². The first-order valence-corrected chi connectivity index (χ1v) is 10.8. The van der Waals surface area contributed by atoms with Gasteiger partial charge in [0.1, 0.15) is 17.8 Å². The second kappa shape index (κ2) is 10.1. The number of esters is 1. The summed E-state index contributed by atoms with van der Waals surface area (Å²) < 4.78 is 48.4. The highest BCUT2D eigenvalue weighted by atomic mass is 19.4. The van der Waals surface area contributed by atoms with Crippen molar-refractivity contribution in [2.75, 3.05) is 13.7 Å². The van der Waals surface area contributed by atoms with Crippen molar-refractivity contribution in [3.63, 3.8) is 0 Å². The van der Waals surface area contributed by atoms with Crippen LogP contribution in [0.5, 0.6) is 5.75 Å². The molecule has 1 aliphatic heterocycles. The van der Waals surface area contributed by atoms with Gasteiger partial charge in [0.25, 0.3) is 0 Å². The number of rotatable bonds is 6. The van der Waals surface area contributed by atoms with Gasteiger partial charge in [-0.1, -0.05) is 48.5 Å². The van der Waals surface area contributed by atoms with Gasteiger partial charge in [-0.05, 0) is 11.6 Å². The van der Waals surface area contributed by atoms with Gasteiger partial charge >= 0.3 is 18.4 Å². The SMILES string of the molecule is COC(=O)[C@H](Cc1ccccc1)NC(=O)N1CCc2[nH]cnc2[C@H]1c1ccccc1OC(F)(F)F. The normalized spacial score (nSPS) is 16.2. The van der Waals surface area contributed by atoms with E-state index in [9.17, 15) is 22.8 Å². The van der Waals surface area contributed by atoms with E-state index in [4.69, 9.17) is 4.74 Å². The fourth-order valence-electron chi connectivity index (χ4n) is 4.15. The first kappa shape index (κ1) is 24.1. The van der Waals surface area contributed by atoms with Gasteiger partial charge in [0.15, 0.2) is 0 Å². The molecule has 8 nitrogen and oxygen atoms in total. The molecule has 2 aromatic carbocycles. The van der Waals surface area contributed by atoms with Gasteiger partial charge in [-0.2, -0.15) is 0 Å². The zero-order chi connectivity index (χ0) is 25.0. The van der Waals surface area contributed by atoms with E-state index < -0.39 is 36.2 Å². The van der Waals surface area contributed by atoms with E-state index >= 15 is 0 Å². The largest absolute Gasteiger partial charge is 0.573 e. The number of para-hydroxylation sites is 1. The number of hydrogen-bond donors (Lipinski definition) is 2. The van der Waals surface area contributed by atoms with Crippen molar-refractivity contribution in [2.24, 2.45) is 0 Å². The first-order chi connectivity index (χ1) is 16.8. The van der Waals surface area contributed by atoms with Gasteiger partial charge in [0, 0.05) is 30.6 Å². The van der Waals surface area contributed by atoms with Gasteiger partial charge in [-0.25, -0.2) is 14.6 Å². The number of nitrogens with one attached hydrogen (secondary N) is 2. The number of aromatic nitrogens is 2. The van der Waals surface area contributed by atoms with Crippen LogP contribution >= 0.6 is 0 Å². The van der Waals surface area contributed by atoms with Crippen molar-refractivity contribution in [1.29, 1.82) is 0 Å². The molecule has 11 heteroatoms. The third-order valence-corrected chi connectivity index (χ3v) is 5.69. The number of urea groups is 1. The summed E-state index contributed by atoms with van der Waals surface area (Å²) >= 11 is 0. The Morgan fingerprint density at radius 1 is 1.17 bits per heavy atom. The topological polar surface area (TPSA) is 96.6 Å². The number of carbonyl (C=O) groups is 2. The van der Waals surface area contributed by atoms with E-state index in [1.54, 1.807) is 6.07 Å². The minimum absolute atomic E-state index is 0.116. The minimum atomic E-state index is -4.92. The number of alkyl halides is 3. The number of fused-ring (bicyclic) bond motifs is 1. The highest BCUT2D eigenvalue weighted by Crippen LogP contribution is 2.39. The van der Waals surface area contributed by atoms with Crippen LogP contribution in [0.2, 0.25) is 0 Å². The third-order valence-electron chi connectivity index (χ3n) is 5.69. The Hall–Kier alpha value is -4.02. The number of halogens is 3. The molecule has 2 atom stereocenters. The molecule has 0 bridgehead atoms. The number of aromatic amines is 1. The number of carbonyl (C=O) groups excluding carboxylic acids is 2. The maximum Gasteiger partial charge on any atom is 0.573 e. The molecule has 0 saturated carbocycles. The maximum absolute atomic E-state index is 13.4. The van der Waals surface area contributed by atoms with E-state index in [0.29, 0.717) is 17.8 Å². The molecule has 0 saturated heterocycles. The number of ether oxygens (including phenoxy) is 2. The standard InChI is InChI=1S/C24H23F3N4O4/c1-34-22(32)18(13-15-7-3-2-4-8-15)30-23(33)31-12-11-17-20(29-14-28-17)21(31)16-9-5-6-10-19(16)35-24(25,26)27/h2-10,14,18,21H,11-13H2,1H3,(H,28,29)(H,30,33)/t18-,21+/m0/s1. The average Bonchev–Trinajstić information content (AvgIpc) is 3.31. The number of imidazole rings is 1. The van der Waals surface area contributed by atoms with Crippen LogP contribution in [0.1, 0.15) is 28.6 Å². The molecule has 184 valence electrons. The predicted molar refractivity (Wildman–Crippen MR) is 118 cm³/mol. The number of benzene rings is 2. The molecule has 0 radical (unpaired) electrons. The van der Waals surface area contributed by atoms with Gasteiger partial charge in [0.05, 0.1) is 19.1 Å². The molecule has 2 N–H and O–H groups in total. The fourth-order valence-corrected chi connectivity index (χ4v) is 4.15. The molecule has 0 aliphatic carbocycles. The Morgan fingerprint density at radius 2 is 1.89 bits per heavy atom. The lowest BCUT2D eigenvalue weighted by Gasteiger charge is -2.36. The molecule has 35 heavy (non-hydrogen) atoms. The van der Waals surface area contributed by atoms with Gasteiger partial charge in [-0.3, -0.25) is 0 Å². The Labute approximate surface area is 199 Å². The third kappa shape index (κ3) is 5.56. The van der Waals surface area contributed by atoms with Crippen LogP contribution in [0.4, 0.5) is 18.0 Å². The lowest BCUT2D eigenvalue weighted by Crippen LogP contribution is -2.52. The summed E-state index contributed by atoms with van der Waals surface area (Å²) in [6, 6.07) is 12.1. The predicted octanol–water partition coefficient (Wildman–Crippen LogP) is 3.75. The van der Waals surface area contributed by atoms with E-state index in [2.05, 4.69) is 20.0 Å². The van der Waals surface area contributed by atoms with Crippen molar-refractivity contribution in [3.8, 4) is 5.75 Å². The number of H-pyrrole nitrogens is 1. The summed E-state index contributed by atoms with van der Waals surface area (Å²) in [7, 11) is 1.22. The number of nitrogens with zero attached hydrogens (tertiary/aromatic N) is 2. The maximum atomic E-state index is 13.4. The summed E-state index contributed by atoms with van der Waals surface area (Å²) in [5.74, 6) is -1.08. The molecular formula is C24H23F3N4O4. The number of amides is 2. The summed E-state index contributed by atoms with van der Waals surface area (Å²) in [5.41, 5.74) is 2.03. The highest BCUT2D eigenvalue weighted by molar-refractivity contribution is 5.84. The first-order valence-electron chi connectivity index (χ1n) is 10.8. The molecular weight excluding hydrogens is 465 g/mol. The van der Waals surface area contributed by atoms with Crippen molar-refractivity contribution in [1.82, 2.24) is 20.2 Å². The molecule has 0 fully saturated rings. The zero-order valence-corrected chi connectivity index (χ0v) is 18.7. The van der Waals surface area contributed by atoms with Crippen molar-refractivity contribution >= 4 is 12.0 Å². The van der Waals surface area contributed by atoms with Crippen LogP contribution in [-0.2, 0) is 22.4 Å². The quantitative estimate of drug-likeness (QED) is 0.516. The molecule has 2 heterocycles. The van der Waals surface area contributed by atoms with Gasteiger partial charge in [-0.15, -0.1) is 13.2 Å². The zero-order valence-electron chi connectivity index (χ0n) is 18.7. The Balaban J connectivity index is 1.66. The van der Waals surface area contributed by atoms with Crippen LogP contribution in [-0.4, -0.2) is 52.9 Å². The Kier molecular flexibility index (Phi) is 6.94. The Morgan fingerprint density at radius 3 is 2.60 bits per heavy atom. The van der Waals surface area contributed by atoms with Crippen molar-refractivity contribution in [2.45, 2.75) is 31.3 Å². The Bertz CT molecular complexity index is 1180. The number of hydrogen-bond acceptors (Lipinski definition) is 5.